The fourth-order valence-corrected chi connectivity index (χ4v) is 3.18. The number of hydrogen-bond acceptors (Lipinski definition) is 6. The number of rotatable bonds is 3. The zero-order chi connectivity index (χ0) is 15.0. The van der Waals surface area contributed by atoms with Gasteiger partial charge in [0.05, 0.1) is 11.3 Å². The van der Waals surface area contributed by atoms with E-state index in [9.17, 15) is 0 Å². The normalized spacial score (nSPS) is 10.9. The molecule has 21 heavy (non-hydrogen) atoms. The van der Waals surface area contributed by atoms with Gasteiger partial charge in [-0.3, -0.25) is 0 Å². The average molecular weight is 341 g/mol. The van der Waals surface area contributed by atoms with Gasteiger partial charge >= 0.3 is 0 Å². The average Bonchev–Trinajstić information content (AvgIpc) is 3.03. The zero-order valence-corrected chi connectivity index (χ0v) is 13.5. The summed E-state index contributed by atoms with van der Waals surface area (Å²) in [7, 11) is 1.82. The van der Waals surface area contributed by atoms with E-state index in [2.05, 4.69) is 19.8 Å². The van der Waals surface area contributed by atoms with E-state index in [0.29, 0.717) is 27.3 Å². The molecule has 3 rings (SSSR count). The Hall–Kier alpha value is -1.63. The van der Waals surface area contributed by atoms with E-state index in [1.165, 1.54) is 11.5 Å². The molecule has 8 heteroatoms. The van der Waals surface area contributed by atoms with Gasteiger partial charge in [-0.2, -0.15) is 9.36 Å². The van der Waals surface area contributed by atoms with Crippen molar-refractivity contribution in [3.8, 4) is 22.8 Å². The van der Waals surface area contributed by atoms with Crippen LogP contribution in [0.3, 0.4) is 0 Å². The van der Waals surface area contributed by atoms with Gasteiger partial charge < -0.3 is 9.84 Å². The zero-order valence-electron chi connectivity index (χ0n) is 11.1. The van der Waals surface area contributed by atoms with Crippen molar-refractivity contribution in [1.82, 2.24) is 14.5 Å². The molecule has 1 aromatic carbocycles. The van der Waals surface area contributed by atoms with Crippen molar-refractivity contribution in [2.75, 3.05) is 12.4 Å². The van der Waals surface area contributed by atoms with E-state index in [0.717, 1.165) is 16.3 Å². The quantitative estimate of drug-likeness (QED) is 0.759. The summed E-state index contributed by atoms with van der Waals surface area (Å²) in [5, 5.41) is 8.98. The lowest BCUT2D eigenvalue weighted by Gasteiger charge is -1.98. The predicted molar refractivity (Wildman–Crippen MR) is 85.1 cm³/mol. The highest BCUT2D eigenvalue weighted by Gasteiger charge is 2.19. The SMILES string of the molecule is CNc1snc(C)c1-c1nc(-c2cc(Cl)cc(Cl)c2)no1. The van der Waals surface area contributed by atoms with Gasteiger partial charge in [0.15, 0.2) is 0 Å². The molecule has 0 spiro atoms. The van der Waals surface area contributed by atoms with Gasteiger partial charge in [0.1, 0.15) is 5.00 Å². The molecular formula is C13H10Cl2N4OS. The molecule has 5 nitrogen and oxygen atoms in total. The number of hydrogen-bond donors (Lipinski definition) is 1. The lowest BCUT2D eigenvalue weighted by molar-refractivity contribution is 0.432. The van der Waals surface area contributed by atoms with Gasteiger partial charge in [0.25, 0.3) is 5.89 Å². The minimum atomic E-state index is 0.414. The first-order chi connectivity index (χ1) is 10.1. The Kier molecular flexibility index (Phi) is 3.84. The summed E-state index contributed by atoms with van der Waals surface area (Å²) in [6.45, 7) is 1.90. The summed E-state index contributed by atoms with van der Waals surface area (Å²) in [6.07, 6.45) is 0. The molecule has 0 fully saturated rings. The summed E-state index contributed by atoms with van der Waals surface area (Å²) in [6, 6.07) is 5.12. The topological polar surface area (TPSA) is 63.8 Å². The molecule has 0 radical (unpaired) electrons. The van der Waals surface area contributed by atoms with Gasteiger partial charge in [-0.1, -0.05) is 28.4 Å². The van der Waals surface area contributed by atoms with Crippen LogP contribution in [0.4, 0.5) is 5.00 Å². The third kappa shape index (κ3) is 2.74. The monoisotopic (exact) mass is 340 g/mol. The van der Waals surface area contributed by atoms with E-state index in [-0.39, 0.29) is 0 Å². The van der Waals surface area contributed by atoms with Crippen LogP contribution >= 0.6 is 34.7 Å². The lowest BCUT2D eigenvalue weighted by Crippen LogP contribution is -1.88. The van der Waals surface area contributed by atoms with Crippen molar-refractivity contribution in [3.63, 3.8) is 0 Å². The third-order valence-corrected chi connectivity index (χ3v) is 4.24. The van der Waals surface area contributed by atoms with Gasteiger partial charge in [-0.15, -0.1) is 0 Å². The van der Waals surface area contributed by atoms with Crippen LogP contribution in [0.25, 0.3) is 22.8 Å². The van der Waals surface area contributed by atoms with Crippen molar-refractivity contribution in [1.29, 1.82) is 0 Å². The number of benzene rings is 1. The molecule has 0 saturated carbocycles. The second-order valence-corrected chi connectivity index (χ2v) is 5.95. The minimum Gasteiger partial charge on any atom is -0.378 e. The Morgan fingerprint density at radius 2 is 1.90 bits per heavy atom. The van der Waals surface area contributed by atoms with E-state index < -0.39 is 0 Å². The Labute approximate surface area is 135 Å². The van der Waals surface area contributed by atoms with Crippen LogP contribution < -0.4 is 5.32 Å². The van der Waals surface area contributed by atoms with Crippen LogP contribution in [0.15, 0.2) is 22.7 Å². The van der Waals surface area contributed by atoms with Gasteiger partial charge in [-0.25, -0.2) is 0 Å². The molecule has 0 aliphatic carbocycles. The van der Waals surface area contributed by atoms with E-state index in [4.69, 9.17) is 27.7 Å². The Morgan fingerprint density at radius 3 is 2.57 bits per heavy atom. The molecule has 2 aromatic heterocycles. The van der Waals surface area contributed by atoms with Gasteiger partial charge in [0.2, 0.25) is 5.82 Å². The Balaban J connectivity index is 2.05. The number of halogens is 2. The van der Waals surface area contributed by atoms with Gasteiger partial charge in [-0.05, 0) is 36.7 Å². The molecular weight excluding hydrogens is 331 g/mol. The van der Waals surface area contributed by atoms with Crippen molar-refractivity contribution >= 4 is 39.7 Å². The number of aryl methyl sites for hydroxylation is 1. The van der Waals surface area contributed by atoms with Crippen LogP contribution in [-0.4, -0.2) is 21.6 Å². The third-order valence-electron chi connectivity index (χ3n) is 2.85. The molecule has 3 aromatic rings. The van der Waals surface area contributed by atoms with E-state index in [1.54, 1.807) is 18.2 Å². The fraction of sp³-hybridized carbons (Fsp3) is 0.154. The van der Waals surface area contributed by atoms with Crippen molar-refractivity contribution < 1.29 is 4.52 Å². The van der Waals surface area contributed by atoms with Crippen molar-refractivity contribution in [2.24, 2.45) is 0 Å². The van der Waals surface area contributed by atoms with E-state index in [1.807, 2.05) is 14.0 Å². The maximum Gasteiger partial charge on any atom is 0.263 e. The number of nitrogens with zero attached hydrogens (tertiary/aromatic N) is 3. The molecule has 0 aliphatic heterocycles. The maximum atomic E-state index is 5.99. The summed E-state index contributed by atoms with van der Waals surface area (Å²) < 4.78 is 9.63. The Bertz CT molecular complexity index is 779. The second-order valence-electron chi connectivity index (χ2n) is 4.30. The summed E-state index contributed by atoms with van der Waals surface area (Å²) in [5.41, 5.74) is 2.35. The highest BCUT2D eigenvalue weighted by Crippen LogP contribution is 2.34. The lowest BCUT2D eigenvalue weighted by atomic mass is 10.2. The number of aromatic nitrogens is 3. The molecule has 108 valence electrons. The highest BCUT2D eigenvalue weighted by atomic mass is 35.5. The van der Waals surface area contributed by atoms with Crippen LogP contribution in [0.5, 0.6) is 0 Å². The molecule has 0 atom stereocenters. The summed E-state index contributed by atoms with van der Waals surface area (Å²) >= 11 is 13.3. The molecule has 0 amide bonds. The second kappa shape index (κ2) is 5.63. The smallest absolute Gasteiger partial charge is 0.263 e. The first kappa shape index (κ1) is 14.3. The predicted octanol–water partition coefficient (Wildman–Crippen LogP) is 4.52. The maximum absolute atomic E-state index is 5.99. The number of anilines is 1. The molecule has 0 unspecified atom stereocenters. The van der Waals surface area contributed by atoms with Crippen LogP contribution in [0, 0.1) is 6.92 Å². The van der Waals surface area contributed by atoms with Crippen LogP contribution in [-0.2, 0) is 0 Å². The first-order valence-corrected chi connectivity index (χ1v) is 7.56. The number of nitrogens with one attached hydrogen (secondary N) is 1. The Morgan fingerprint density at radius 1 is 1.19 bits per heavy atom. The van der Waals surface area contributed by atoms with Crippen LogP contribution in [0.2, 0.25) is 10.0 Å². The molecule has 0 bridgehead atoms. The van der Waals surface area contributed by atoms with Gasteiger partial charge in [0, 0.05) is 22.7 Å². The first-order valence-electron chi connectivity index (χ1n) is 6.03. The summed E-state index contributed by atoms with van der Waals surface area (Å²) in [5.74, 6) is 0.846. The standard InChI is InChI=1S/C13H10Cl2N4OS/c1-6-10(13(16-2)21-19-6)12-17-11(18-20-12)7-3-8(14)5-9(15)4-7/h3-5,16H,1-2H3. The largest absolute Gasteiger partial charge is 0.378 e. The minimum absolute atomic E-state index is 0.414. The van der Waals surface area contributed by atoms with Crippen molar-refractivity contribution in [3.05, 3.63) is 33.9 Å². The summed E-state index contributed by atoms with van der Waals surface area (Å²) in [4.78, 5) is 4.41. The van der Waals surface area contributed by atoms with Crippen molar-refractivity contribution in [2.45, 2.75) is 6.92 Å². The molecule has 0 aliphatic rings. The van der Waals surface area contributed by atoms with Crippen LogP contribution in [0.1, 0.15) is 5.69 Å². The fourth-order valence-electron chi connectivity index (χ4n) is 1.92. The van der Waals surface area contributed by atoms with E-state index >= 15 is 0 Å². The molecule has 0 saturated heterocycles. The molecule has 2 heterocycles. The highest BCUT2D eigenvalue weighted by molar-refractivity contribution is 7.10. The molecule has 1 N–H and O–H groups in total.